The molecule has 0 atom stereocenters. The van der Waals surface area contributed by atoms with Crippen molar-refractivity contribution in [2.45, 2.75) is 32.6 Å². The fourth-order valence-electron chi connectivity index (χ4n) is 1.23. The van der Waals surface area contributed by atoms with Crippen LogP contribution in [0.25, 0.3) is 0 Å². The molecule has 1 rings (SSSR count). The Bertz CT molecular complexity index is 117. The molecule has 0 aromatic carbocycles. The largest absolute Gasteiger partial charge is 0.0879 e. The Morgan fingerprint density at radius 2 is 1.80 bits per heavy atom. The van der Waals surface area contributed by atoms with Crippen LogP contribution in [0.4, 0.5) is 0 Å². The van der Waals surface area contributed by atoms with Gasteiger partial charge in [0, 0.05) is 0 Å². The van der Waals surface area contributed by atoms with Gasteiger partial charge in [-0.3, -0.25) is 0 Å². The second kappa shape index (κ2) is 4.32. The average Bonchev–Trinajstić information content (AvgIpc) is 1.87. The van der Waals surface area contributed by atoms with Crippen LogP contribution in [0, 0.1) is 5.92 Å². The van der Waals surface area contributed by atoms with Crippen molar-refractivity contribution in [1.29, 1.82) is 0 Å². The molecule has 0 aromatic rings. The molecule has 10 heavy (non-hydrogen) atoms. The van der Waals surface area contributed by atoms with Crippen molar-refractivity contribution in [2.75, 3.05) is 0 Å². The fourth-order valence-corrected chi connectivity index (χ4v) is 1.23. The van der Waals surface area contributed by atoms with Gasteiger partial charge in [0.1, 0.15) is 0 Å². The van der Waals surface area contributed by atoms with E-state index in [0.29, 0.717) is 5.92 Å². The first-order valence-electron chi connectivity index (χ1n) is 4.27. The third-order valence-corrected chi connectivity index (χ3v) is 1.98. The zero-order valence-electron chi connectivity index (χ0n) is 6.72. The van der Waals surface area contributed by atoms with Crippen LogP contribution in [0.2, 0.25) is 0 Å². The molecule has 0 nitrogen and oxygen atoms in total. The van der Waals surface area contributed by atoms with Crippen molar-refractivity contribution in [3.63, 3.8) is 0 Å². The monoisotopic (exact) mass is 136 g/mol. The SMILES string of the molecule is CCC1/C=C\CCC/C=C\1. The number of hydrogen-bond acceptors (Lipinski definition) is 0. The number of rotatable bonds is 1. The Balaban J connectivity index is 2.45. The molecular formula is C10H16. The molecule has 0 N–H and O–H groups in total. The maximum absolute atomic E-state index is 2.33. The van der Waals surface area contributed by atoms with E-state index in [0.717, 1.165) is 0 Å². The van der Waals surface area contributed by atoms with E-state index < -0.39 is 0 Å². The van der Waals surface area contributed by atoms with Gasteiger partial charge < -0.3 is 0 Å². The first kappa shape index (κ1) is 7.59. The molecule has 1 aliphatic carbocycles. The van der Waals surface area contributed by atoms with Crippen LogP contribution < -0.4 is 0 Å². The Morgan fingerprint density at radius 3 is 2.30 bits per heavy atom. The lowest BCUT2D eigenvalue weighted by molar-refractivity contribution is 0.743. The van der Waals surface area contributed by atoms with Gasteiger partial charge in [0.15, 0.2) is 0 Å². The van der Waals surface area contributed by atoms with Crippen LogP contribution >= 0.6 is 0 Å². The summed E-state index contributed by atoms with van der Waals surface area (Å²) in [6, 6.07) is 0. The van der Waals surface area contributed by atoms with E-state index in [1.54, 1.807) is 0 Å². The molecule has 0 radical (unpaired) electrons. The van der Waals surface area contributed by atoms with Gasteiger partial charge in [0.2, 0.25) is 0 Å². The van der Waals surface area contributed by atoms with Gasteiger partial charge in [-0.2, -0.15) is 0 Å². The highest BCUT2D eigenvalue weighted by Gasteiger charge is 1.96. The smallest absolute Gasteiger partial charge is 0.00561 e. The van der Waals surface area contributed by atoms with Crippen molar-refractivity contribution in [1.82, 2.24) is 0 Å². The van der Waals surface area contributed by atoms with E-state index in [1.807, 2.05) is 0 Å². The summed E-state index contributed by atoms with van der Waals surface area (Å²) in [5.74, 6) is 0.709. The normalized spacial score (nSPS) is 26.9. The molecule has 0 amide bonds. The van der Waals surface area contributed by atoms with Crippen LogP contribution in [0.15, 0.2) is 24.3 Å². The molecule has 0 saturated heterocycles. The zero-order chi connectivity index (χ0) is 7.23. The van der Waals surface area contributed by atoms with E-state index in [9.17, 15) is 0 Å². The van der Waals surface area contributed by atoms with Gasteiger partial charge in [-0.05, 0) is 31.6 Å². The van der Waals surface area contributed by atoms with Gasteiger partial charge in [-0.1, -0.05) is 31.2 Å². The first-order chi connectivity index (χ1) is 4.93. The molecular weight excluding hydrogens is 120 g/mol. The minimum Gasteiger partial charge on any atom is -0.0879 e. The molecule has 0 spiro atoms. The van der Waals surface area contributed by atoms with Crippen molar-refractivity contribution in [3.05, 3.63) is 24.3 Å². The third kappa shape index (κ3) is 2.38. The Hall–Kier alpha value is -0.520. The molecule has 0 aromatic heterocycles. The molecule has 0 bridgehead atoms. The van der Waals surface area contributed by atoms with E-state index in [1.165, 1.54) is 25.7 Å². The standard InChI is InChI=1S/C10H16/c1-2-10-8-6-4-3-5-7-9-10/h6-10H,2-5H2,1H3/b8-6-,9-7-. The summed E-state index contributed by atoms with van der Waals surface area (Å²) >= 11 is 0. The second-order valence-electron chi connectivity index (χ2n) is 2.86. The molecule has 0 heteroatoms. The summed E-state index contributed by atoms with van der Waals surface area (Å²) in [5, 5.41) is 0. The van der Waals surface area contributed by atoms with Crippen molar-refractivity contribution < 1.29 is 0 Å². The maximum atomic E-state index is 2.33. The van der Waals surface area contributed by atoms with Gasteiger partial charge in [-0.25, -0.2) is 0 Å². The molecule has 0 saturated carbocycles. The third-order valence-electron chi connectivity index (χ3n) is 1.98. The van der Waals surface area contributed by atoms with E-state index >= 15 is 0 Å². The molecule has 1 aliphatic rings. The average molecular weight is 136 g/mol. The van der Waals surface area contributed by atoms with E-state index in [-0.39, 0.29) is 0 Å². The van der Waals surface area contributed by atoms with Crippen LogP contribution in [-0.4, -0.2) is 0 Å². The van der Waals surface area contributed by atoms with Crippen LogP contribution in [0.1, 0.15) is 32.6 Å². The van der Waals surface area contributed by atoms with Crippen LogP contribution in [0.5, 0.6) is 0 Å². The lowest BCUT2D eigenvalue weighted by Gasteiger charge is -2.05. The molecule has 56 valence electrons. The molecule has 0 fully saturated rings. The van der Waals surface area contributed by atoms with Crippen LogP contribution in [-0.2, 0) is 0 Å². The zero-order valence-corrected chi connectivity index (χ0v) is 6.72. The lowest BCUT2D eigenvalue weighted by atomic mass is 10.0. The predicted octanol–water partition coefficient (Wildman–Crippen LogP) is 3.31. The number of allylic oxidation sites excluding steroid dienone is 4. The summed E-state index contributed by atoms with van der Waals surface area (Å²) in [5.41, 5.74) is 0. The summed E-state index contributed by atoms with van der Waals surface area (Å²) in [4.78, 5) is 0. The summed E-state index contributed by atoms with van der Waals surface area (Å²) in [7, 11) is 0. The van der Waals surface area contributed by atoms with Gasteiger partial charge >= 0.3 is 0 Å². The maximum Gasteiger partial charge on any atom is -0.00561 e. The topological polar surface area (TPSA) is 0 Å². The Morgan fingerprint density at radius 1 is 1.20 bits per heavy atom. The van der Waals surface area contributed by atoms with Gasteiger partial charge in [0.25, 0.3) is 0 Å². The minimum absolute atomic E-state index is 0.709. The quantitative estimate of drug-likeness (QED) is 0.485. The van der Waals surface area contributed by atoms with Gasteiger partial charge in [0.05, 0.1) is 0 Å². The first-order valence-corrected chi connectivity index (χ1v) is 4.27. The predicted molar refractivity (Wildman–Crippen MR) is 45.9 cm³/mol. The summed E-state index contributed by atoms with van der Waals surface area (Å²) in [6.45, 7) is 2.24. The van der Waals surface area contributed by atoms with E-state index in [2.05, 4.69) is 31.2 Å². The Kier molecular flexibility index (Phi) is 3.28. The lowest BCUT2D eigenvalue weighted by Crippen LogP contribution is -1.89. The Labute approximate surface area is 63.6 Å². The van der Waals surface area contributed by atoms with Crippen molar-refractivity contribution in [2.24, 2.45) is 5.92 Å². The highest BCUT2D eigenvalue weighted by molar-refractivity contribution is 5.02. The highest BCUT2D eigenvalue weighted by Crippen LogP contribution is 2.12. The van der Waals surface area contributed by atoms with Crippen LogP contribution in [0.3, 0.4) is 0 Å². The highest BCUT2D eigenvalue weighted by atomic mass is 14.0. The molecule has 0 aliphatic heterocycles. The van der Waals surface area contributed by atoms with E-state index in [4.69, 9.17) is 0 Å². The molecule has 0 unspecified atom stereocenters. The number of hydrogen-bond donors (Lipinski definition) is 0. The fraction of sp³-hybridized carbons (Fsp3) is 0.600. The second-order valence-corrected chi connectivity index (χ2v) is 2.86. The molecule has 0 heterocycles. The summed E-state index contributed by atoms with van der Waals surface area (Å²) in [6.07, 6.45) is 14.4. The van der Waals surface area contributed by atoms with Crippen molar-refractivity contribution >= 4 is 0 Å². The minimum atomic E-state index is 0.709. The summed E-state index contributed by atoms with van der Waals surface area (Å²) < 4.78 is 0. The van der Waals surface area contributed by atoms with Gasteiger partial charge in [-0.15, -0.1) is 0 Å². The van der Waals surface area contributed by atoms with Crippen molar-refractivity contribution in [3.8, 4) is 0 Å².